The van der Waals surface area contributed by atoms with Crippen molar-refractivity contribution in [1.82, 2.24) is 14.9 Å². The van der Waals surface area contributed by atoms with Gasteiger partial charge in [0.2, 0.25) is 5.88 Å². The SMILES string of the molecule is CCN(CC)C(=O)COc1ccc2[c]c[nH]c2n1. The molecule has 0 aliphatic rings. The van der Waals surface area contributed by atoms with Gasteiger partial charge in [0.25, 0.3) is 5.91 Å². The number of carbonyl (C=O) groups excluding carboxylic acids is 1. The van der Waals surface area contributed by atoms with E-state index in [4.69, 9.17) is 4.74 Å². The second-order valence-electron chi connectivity index (χ2n) is 3.83. The average Bonchev–Trinajstić information content (AvgIpc) is 2.85. The maximum Gasteiger partial charge on any atom is 0.260 e. The summed E-state index contributed by atoms with van der Waals surface area (Å²) in [5.41, 5.74) is 0.711. The molecule has 0 aliphatic heterocycles. The van der Waals surface area contributed by atoms with Gasteiger partial charge in [-0.3, -0.25) is 4.79 Å². The fraction of sp³-hybridized carbons (Fsp3) is 0.385. The van der Waals surface area contributed by atoms with Crippen LogP contribution in [0.25, 0.3) is 11.0 Å². The minimum atomic E-state index is -0.0278. The summed E-state index contributed by atoms with van der Waals surface area (Å²) in [6.45, 7) is 5.29. The van der Waals surface area contributed by atoms with Gasteiger partial charge in [-0.1, -0.05) is 0 Å². The van der Waals surface area contributed by atoms with Crippen molar-refractivity contribution in [3.8, 4) is 5.88 Å². The van der Waals surface area contributed by atoms with E-state index >= 15 is 0 Å². The first-order chi connectivity index (χ1) is 8.74. The summed E-state index contributed by atoms with van der Waals surface area (Å²) in [7, 11) is 0. The second kappa shape index (κ2) is 5.53. The third kappa shape index (κ3) is 2.61. The van der Waals surface area contributed by atoms with Crippen LogP contribution in [0.2, 0.25) is 0 Å². The van der Waals surface area contributed by atoms with Crippen LogP contribution in [0, 0.1) is 6.07 Å². The molecule has 5 heteroatoms. The number of likely N-dealkylation sites (N-methyl/N-ethyl adjacent to an activating group) is 1. The van der Waals surface area contributed by atoms with E-state index in [1.165, 1.54) is 0 Å². The second-order valence-corrected chi connectivity index (χ2v) is 3.83. The fourth-order valence-electron chi connectivity index (χ4n) is 1.73. The molecule has 0 atom stereocenters. The highest BCUT2D eigenvalue weighted by Gasteiger charge is 2.10. The van der Waals surface area contributed by atoms with Gasteiger partial charge in [-0.25, -0.2) is 0 Å². The third-order valence-corrected chi connectivity index (χ3v) is 2.77. The number of pyridine rings is 1. The summed E-state index contributed by atoms with van der Waals surface area (Å²) in [4.78, 5) is 20.7. The predicted octanol–water partition coefficient (Wildman–Crippen LogP) is 1.61. The van der Waals surface area contributed by atoms with Crippen LogP contribution < -0.4 is 4.74 Å². The van der Waals surface area contributed by atoms with Gasteiger partial charge in [0.15, 0.2) is 6.61 Å². The Balaban J connectivity index is 1.99. The molecule has 0 unspecified atom stereocenters. The fourth-order valence-corrected chi connectivity index (χ4v) is 1.73. The summed E-state index contributed by atoms with van der Waals surface area (Å²) in [6.07, 6.45) is 1.70. The Bertz CT molecular complexity index is 532. The Morgan fingerprint density at radius 2 is 2.22 bits per heavy atom. The molecule has 0 aromatic carbocycles. The topological polar surface area (TPSA) is 58.2 Å². The standard InChI is InChI=1S/C13H16N3O2/c1-3-16(4-2)12(17)9-18-11-6-5-10-7-8-14-13(10)15-11/h5-6,8H,3-4,9H2,1-2H3,(H,14,15). The molecular formula is C13H16N3O2. The number of nitrogens with zero attached hydrogens (tertiary/aromatic N) is 2. The van der Waals surface area contributed by atoms with Gasteiger partial charge in [-0.15, -0.1) is 0 Å². The number of carbonyl (C=O) groups is 1. The highest BCUT2D eigenvalue weighted by atomic mass is 16.5. The van der Waals surface area contributed by atoms with Crippen LogP contribution in [0.5, 0.6) is 5.88 Å². The number of H-pyrrole nitrogens is 1. The maximum atomic E-state index is 11.8. The lowest BCUT2D eigenvalue weighted by Crippen LogP contribution is -2.34. The molecule has 0 aliphatic carbocycles. The number of aromatic amines is 1. The smallest absolute Gasteiger partial charge is 0.260 e. The predicted molar refractivity (Wildman–Crippen MR) is 68.4 cm³/mol. The summed E-state index contributed by atoms with van der Waals surface area (Å²) in [6, 6.07) is 6.59. The molecule has 2 rings (SSSR count). The number of hydrogen-bond acceptors (Lipinski definition) is 3. The number of aromatic nitrogens is 2. The monoisotopic (exact) mass is 246 g/mol. The lowest BCUT2D eigenvalue weighted by atomic mass is 10.3. The van der Waals surface area contributed by atoms with E-state index in [-0.39, 0.29) is 12.5 Å². The number of rotatable bonds is 5. The Labute approximate surface area is 106 Å². The van der Waals surface area contributed by atoms with E-state index < -0.39 is 0 Å². The first-order valence-electron chi connectivity index (χ1n) is 6.01. The van der Waals surface area contributed by atoms with E-state index in [2.05, 4.69) is 16.0 Å². The number of fused-ring (bicyclic) bond motifs is 1. The average molecular weight is 246 g/mol. The highest BCUT2D eigenvalue weighted by Crippen LogP contribution is 2.14. The molecule has 5 nitrogen and oxygen atoms in total. The molecular weight excluding hydrogens is 230 g/mol. The molecule has 1 N–H and O–H groups in total. The number of nitrogens with one attached hydrogen (secondary N) is 1. The van der Waals surface area contributed by atoms with Gasteiger partial charge >= 0.3 is 0 Å². The molecule has 1 amide bonds. The molecule has 18 heavy (non-hydrogen) atoms. The number of ether oxygens (including phenoxy) is 1. The van der Waals surface area contributed by atoms with Crippen LogP contribution in [-0.4, -0.2) is 40.5 Å². The van der Waals surface area contributed by atoms with Crippen LogP contribution in [0.4, 0.5) is 0 Å². The van der Waals surface area contributed by atoms with Crippen LogP contribution in [-0.2, 0) is 4.79 Å². The first-order valence-corrected chi connectivity index (χ1v) is 6.01. The van der Waals surface area contributed by atoms with Crippen LogP contribution in [0.1, 0.15) is 13.8 Å². The van der Waals surface area contributed by atoms with E-state index in [1.807, 2.05) is 19.9 Å². The van der Waals surface area contributed by atoms with Crippen molar-refractivity contribution >= 4 is 16.9 Å². The number of amides is 1. The van der Waals surface area contributed by atoms with Gasteiger partial charge < -0.3 is 14.6 Å². The minimum Gasteiger partial charge on any atom is -0.467 e. The first kappa shape index (κ1) is 12.4. The van der Waals surface area contributed by atoms with Crippen molar-refractivity contribution in [2.75, 3.05) is 19.7 Å². The molecule has 0 saturated carbocycles. The van der Waals surface area contributed by atoms with Crippen LogP contribution in [0.3, 0.4) is 0 Å². The van der Waals surface area contributed by atoms with Crippen molar-refractivity contribution < 1.29 is 9.53 Å². The Kier molecular flexibility index (Phi) is 3.82. The van der Waals surface area contributed by atoms with Crippen molar-refractivity contribution in [3.05, 3.63) is 24.4 Å². The summed E-state index contributed by atoms with van der Waals surface area (Å²) < 4.78 is 5.39. The Morgan fingerprint density at radius 1 is 1.44 bits per heavy atom. The van der Waals surface area contributed by atoms with E-state index in [0.29, 0.717) is 24.6 Å². The molecule has 1 radical (unpaired) electrons. The summed E-state index contributed by atoms with van der Waals surface area (Å²) >= 11 is 0. The van der Waals surface area contributed by atoms with Gasteiger partial charge in [0, 0.05) is 36.8 Å². The van der Waals surface area contributed by atoms with E-state index in [0.717, 1.165) is 5.39 Å². The normalized spacial score (nSPS) is 10.6. The maximum absolute atomic E-state index is 11.8. The van der Waals surface area contributed by atoms with Gasteiger partial charge in [-0.2, -0.15) is 4.98 Å². The Hall–Kier alpha value is -2.04. The van der Waals surface area contributed by atoms with E-state index in [9.17, 15) is 4.79 Å². The Morgan fingerprint density at radius 3 is 2.94 bits per heavy atom. The van der Waals surface area contributed by atoms with Crippen molar-refractivity contribution in [1.29, 1.82) is 0 Å². The summed E-state index contributed by atoms with van der Waals surface area (Å²) in [5, 5.41) is 0.900. The van der Waals surface area contributed by atoms with Gasteiger partial charge in [0.1, 0.15) is 5.65 Å². The molecule has 2 heterocycles. The van der Waals surface area contributed by atoms with Crippen LogP contribution in [0.15, 0.2) is 18.3 Å². The van der Waals surface area contributed by atoms with Crippen molar-refractivity contribution in [2.45, 2.75) is 13.8 Å². The van der Waals surface area contributed by atoms with Crippen molar-refractivity contribution in [3.63, 3.8) is 0 Å². The lowest BCUT2D eigenvalue weighted by Gasteiger charge is -2.18. The molecule has 2 aromatic heterocycles. The lowest BCUT2D eigenvalue weighted by molar-refractivity contribution is -0.133. The highest BCUT2D eigenvalue weighted by molar-refractivity contribution is 5.78. The number of hydrogen-bond donors (Lipinski definition) is 1. The third-order valence-electron chi connectivity index (χ3n) is 2.77. The zero-order valence-corrected chi connectivity index (χ0v) is 10.6. The molecule has 2 aromatic rings. The van der Waals surface area contributed by atoms with Crippen molar-refractivity contribution in [2.24, 2.45) is 0 Å². The van der Waals surface area contributed by atoms with Crippen LogP contribution >= 0.6 is 0 Å². The zero-order chi connectivity index (χ0) is 13.0. The van der Waals surface area contributed by atoms with Gasteiger partial charge in [0.05, 0.1) is 0 Å². The molecule has 0 saturated heterocycles. The molecule has 0 bridgehead atoms. The molecule has 95 valence electrons. The van der Waals surface area contributed by atoms with Gasteiger partial charge in [-0.05, 0) is 19.9 Å². The summed E-state index contributed by atoms with van der Waals surface area (Å²) in [5.74, 6) is 0.416. The molecule has 0 fully saturated rings. The minimum absolute atomic E-state index is 0.0185. The largest absolute Gasteiger partial charge is 0.467 e. The zero-order valence-electron chi connectivity index (χ0n) is 10.6. The van der Waals surface area contributed by atoms with E-state index in [1.54, 1.807) is 17.2 Å². The molecule has 0 spiro atoms. The quantitative estimate of drug-likeness (QED) is 0.872.